The molecule has 0 saturated carbocycles. The standard InChI is InChI=1S/C16H24N2O2/c1-4-20-10-11(2)17-16(19)14-9-13-7-5-6-8-15(13)18-12(14)3/h5-8,11-12,14,18H,4,9-10H2,1-3H3,(H,17,19). The molecule has 0 fully saturated rings. The van der Waals surface area contributed by atoms with Crippen molar-refractivity contribution in [3.63, 3.8) is 0 Å². The van der Waals surface area contributed by atoms with Crippen LogP contribution in [0.2, 0.25) is 0 Å². The van der Waals surface area contributed by atoms with Crippen LogP contribution in [-0.4, -0.2) is 31.2 Å². The van der Waals surface area contributed by atoms with Crippen molar-refractivity contribution in [2.24, 2.45) is 5.92 Å². The Bertz CT molecular complexity index is 462. The fourth-order valence-corrected chi connectivity index (χ4v) is 2.60. The van der Waals surface area contributed by atoms with Crippen LogP contribution in [-0.2, 0) is 16.0 Å². The molecule has 2 rings (SSSR count). The van der Waals surface area contributed by atoms with Gasteiger partial charge in [0.05, 0.1) is 12.5 Å². The van der Waals surface area contributed by atoms with E-state index >= 15 is 0 Å². The number of carbonyl (C=O) groups is 1. The maximum atomic E-state index is 12.4. The molecule has 3 unspecified atom stereocenters. The number of nitrogens with one attached hydrogen (secondary N) is 2. The Hall–Kier alpha value is -1.55. The van der Waals surface area contributed by atoms with Crippen LogP contribution in [0.15, 0.2) is 24.3 Å². The van der Waals surface area contributed by atoms with Gasteiger partial charge in [0, 0.05) is 24.4 Å². The molecule has 1 aromatic carbocycles. The predicted molar refractivity (Wildman–Crippen MR) is 80.8 cm³/mol. The summed E-state index contributed by atoms with van der Waals surface area (Å²) in [6, 6.07) is 8.37. The average molecular weight is 276 g/mol. The van der Waals surface area contributed by atoms with Crippen LogP contribution in [0.3, 0.4) is 0 Å². The normalized spacial score (nSPS) is 22.6. The molecule has 1 aromatic rings. The van der Waals surface area contributed by atoms with E-state index in [9.17, 15) is 4.79 Å². The molecule has 4 nitrogen and oxygen atoms in total. The van der Waals surface area contributed by atoms with E-state index in [1.807, 2.05) is 26.0 Å². The molecule has 1 aliphatic heterocycles. The van der Waals surface area contributed by atoms with E-state index in [-0.39, 0.29) is 23.9 Å². The second kappa shape index (κ2) is 6.75. The Balaban J connectivity index is 1.97. The van der Waals surface area contributed by atoms with Crippen molar-refractivity contribution in [2.45, 2.75) is 39.3 Å². The number of hydrogen-bond donors (Lipinski definition) is 2. The highest BCUT2D eigenvalue weighted by molar-refractivity contribution is 5.81. The number of para-hydroxylation sites is 1. The summed E-state index contributed by atoms with van der Waals surface area (Å²) >= 11 is 0. The van der Waals surface area contributed by atoms with Gasteiger partial charge >= 0.3 is 0 Å². The number of hydrogen-bond acceptors (Lipinski definition) is 3. The zero-order valence-corrected chi connectivity index (χ0v) is 12.5. The van der Waals surface area contributed by atoms with Crippen molar-refractivity contribution < 1.29 is 9.53 Å². The van der Waals surface area contributed by atoms with Gasteiger partial charge in [0.1, 0.15) is 0 Å². The van der Waals surface area contributed by atoms with Crippen molar-refractivity contribution in [3.05, 3.63) is 29.8 Å². The van der Waals surface area contributed by atoms with Crippen LogP contribution < -0.4 is 10.6 Å². The van der Waals surface area contributed by atoms with Crippen LogP contribution in [0.25, 0.3) is 0 Å². The fraction of sp³-hybridized carbons (Fsp3) is 0.562. The highest BCUT2D eigenvalue weighted by atomic mass is 16.5. The maximum Gasteiger partial charge on any atom is 0.225 e. The lowest BCUT2D eigenvalue weighted by molar-refractivity contribution is -0.126. The third-order valence-corrected chi connectivity index (χ3v) is 3.74. The van der Waals surface area contributed by atoms with E-state index in [0.717, 1.165) is 12.1 Å². The highest BCUT2D eigenvalue weighted by Gasteiger charge is 2.30. The molecule has 0 saturated heterocycles. The largest absolute Gasteiger partial charge is 0.382 e. The zero-order chi connectivity index (χ0) is 14.5. The summed E-state index contributed by atoms with van der Waals surface area (Å²) in [5.74, 6) is 0.0701. The molecule has 3 atom stereocenters. The smallest absolute Gasteiger partial charge is 0.225 e. The number of amides is 1. The van der Waals surface area contributed by atoms with Gasteiger partial charge in [-0.3, -0.25) is 4.79 Å². The van der Waals surface area contributed by atoms with Crippen molar-refractivity contribution in [1.82, 2.24) is 5.32 Å². The van der Waals surface area contributed by atoms with E-state index in [4.69, 9.17) is 4.74 Å². The SMILES string of the molecule is CCOCC(C)NC(=O)C1Cc2ccccc2NC1C. The maximum absolute atomic E-state index is 12.4. The molecule has 2 N–H and O–H groups in total. The van der Waals surface area contributed by atoms with Gasteiger partial charge in [0.15, 0.2) is 0 Å². The summed E-state index contributed by atoms with van der Waals surface area (Å²) in [5, 5.41) is 6.46. The first kappa shape index (κ1) is 14.9. The van der Waals surface area contributed by atoms with Crippen molar-refractivity contribution in [2.75, 3.05) is 18.5 Å². The second-order valence-electron chi connectivity index (χ2n) is 5.47. The molecule has 4 heteroatoms. The molecule has 0 bridgehead atoms. The number of fused-ring (bicyclic) bond motifs is 1. The number of benzene rings is 1. The average Bonchev–Trinajstić information content (AvgIpc) is 2.44. The monoisotopic (exact) mass is 276 g/mol. The van der Waals surface area contributed by atoms with Gasteiger partial charge in [-0.2, -0.15) is 0 Å². The first-order valence-corrected chi connectivity index (χ1v) is 7.34. The Morgan fingerprint density at radius 1 is 1.50 bits per heavy atom. The Kier molecular flexibility index (Phi) is 5.01. The molecule has 0 aromatic heterocycles. The summed E-state index contributed by atoms with van der Waals surface area (Å²) in [6.45, 7) is 7.23. The third kappa shape index (κ3) is 3.51. The lowest BCUT2D eigenvalue weighted by Crippen LogP contribution is -2.47. The topological polar surface area (TPSA) is 50.4 Å². The summed E-state index contributed by atoms with van der Waals surface area (Å²) in [5.41, 5.74) is 2.36. The fourth-order valence-electron chi connectivity index (χ4n) is 2.60. The van der Waals surface area contributed by atoms with E-state index < -0.39 is 0 Å². The first-order chi connectivity index (χ1) is 9.61. The van der Waals surface area contributed by atoms with E-state index in [2.05, 4.69) is 29.7 Å². The van der Waals surface area contributed by atoms with Crippen LogP contribution >= 0.6 is 0 Å². The summed E-state index contributed by atoms with van der Waals surface area (Å²) in [6.07, 6.45) is 0.789. The van der Waals surface area contributed by atoms with Crippen LogP contribution in [0.5, 0.6) is 0 Å². The Morgan fingerprint density at radius 2 is 2.25 bits per heavy atom. The minimum absolute atomic E-state index is 0.0334. The summed E-state index contributed by atoms with van der Waals surface area (Å²) in [7, 11) is 0. The van der Waals surface area contributed by atoms with Crippen LogP contribution in [0.1, 0.15) is 26.3 Å². The minimum atomic E-state index is -0.0334. The molecule has 0 radical (unpaired) electrons. The second-order valence-corrected chi connectivity index (χ2v) is 5.47. The summed E-state index contributed by atoms with van der Waals surface area (Å²) < 4.78 is 5.34. The van der Waals surface area contributed by atoms with Crippen molar-refractivity contribution in [3.8, 4) is 0 Å². The lowest BCUT2D eigenvalue weighted by Gasteiger charge is -2.32. The molecule has 0 spiro atoms. The Morgan fingerprint density at radius 3 is 3.00 bits per heavy atom. The van der Waals surface area contributed by atoms with Gasteiger partial charge in [0.2, 0.25) is 5.91 Å². The Labute approximate surface area is 120 Å². The molecule has 0 aliphatic carbocycles. The van der Waals surface area contributed by atoms with Gasteiger partial charge in [-0.05, 0) is 38.8 Å². The molecule has 1 amide bonds. The van der Waals surface area contributed by atoms with E-state index in [0.29, 0.717) is 13.2 Å². The van der Waals surface area contributed by atoms with E-state index in [1.165, 1.54) is 5.56 Å². The minimum Gasteiger partial charge on any atom is -0.382 e. The van der Waals surface area contributed by atoms with Gasteiger partial charge in [-0.25, -0.2) is 0 Å². The van der Waals surface area contributed by atoms with Crippen molar-refractivity contribution in [1.29, 1.82) is 0 Å². The molecule has 1 heterocycles. The van der Waals surface area contributed by atoms with Gasteiger partial charge in [-0.15, -0.1) is 0 Å². The van der Waals surface area contributed by atoms with Gasteiger partial charge < -0.3 is 15.4 Å². The number of ether oxygens (including phenoxy) is 1. The molecule has 1 aliphatic rings. The molecule has 110 valence electrons. The highest BCUT2D eigenvalue weighted by Crippen LogP contribution is 2.28. The number of carbonyl (C=O) groups excluding carboxylic acids is 1. The van der Waals surface area contributed by atoms with Crippen LogP contribution in [0.4, 0.5) is 5.69 Å². The molecular weight excluding hydrogens is 252 g/mol. The predicted octanol–water partition coefficient (Wildman–Crippen LogP) is 2.20. The van der Waals surface area contributed by atoms with Crippen LogP contribution in [0, 0.1) is 5.92 Å². The first-order valence-electron chi connectivity index (χ1n) is 7.34. The zero-order valence-electron chi connectivity index (χ0n) is 12.5. The van der Waals surface area contributed by atoms with Crippen molar-refractivity contribution >= 4 is 11.6 Å². The van der Waals surface area contributed by atoms with Gasteiger partial charge in [0.25, 0.3) is 0 Å². The quantitative estimate of drug-likeness (QED) is 0.867. The molecular formula is C16H24N2O2. The number of anilines is 1. The lowest BCUT2D eigenvalue weighted by atomic mass is 9.87. The number of rotatable bonds is 5. The third-order valence-electron chi connectivity index (χ3n) is 3.74. The van der Waals surface area contributed by atoms with Gasteiger partial charge in [-0.1, -0.05) is 18.2 Å². The summed E-state index contributed by atoms with van der Waals surface area (Å²) in [4.78, 5) is 12.4. The van der Waals surface area contributed by atoms with E-state index in [1.54, 1.807) is 0 Å². The molecule has 20 heavy (non-hydrogen) atoms.